The van der Waals surface area contributed by atoms with Gasteiger partial charge in [-0.25, -0.2) is 0 Å². The Bertz CT molecular complexity index is 456. The van der Waals surface area contributed by atoms with Gasteiger partial charge in [-0.05, 0) is 19.9 Å². The summed E-state index contributed by atoms with van der Waals surface area (Å²) in [5.74, 6) is 3.86. The highest BCUT2D eigenvalue weighted by molar-refractivity contribution is 7.99. The number of thioether (sulfide) groups is 1. The zero-order valence-corrected chi connectivity index (χ0v) is 13.7. The van der Waals surface area contributed by atoms with Crippen LogP contribution in [0.5, 0.6) is 0 Å². The maximum Gasteiger partial charge on any atom is 0.234 e. The van der Waals surface area contributed by atoms with Crippen molar-refractivity contribution >= 4 is 11.8 Å². The van der Waals surface area contributed by atoms with Crippen LogP contribution >= 0.6 is 11.8 Å². The van der Waals surface area contributed by atoms with Crippen molar-refractivity contribution in [3.63, 3.8) is 0 Å². The van der Waals surface area contributed by atoms with Crippen molar-refractivity contribution in [2.75, 3.05) is 31.6 Å². The van der Waals surface area contributed by atoms with Gasteiger partial charge in [0.25, 0.3) is 0 Å². The molecule has 6 heteroatoms. The third kappa shape index (κ3) is 3.12. The molecular formula is C15H26N4OS. The van der Waals surface area contributed by atoms with Gasteiger partial charge in [0, 0.05) is 24.6 Å². The van der Waals surface area contributed by atoms with E-state index in [9.17, 15) is 0 Å². The maximum absolute atomic E-state index is 6.11. The lowest BCUT2D eigenvalue weighted by Crippen LogP contribution is -2.36. The van der Waals surface area contributed by atoms with Crippen LogP contribution < -0.4 is 5.73 Å². The summed E-state index contributed by atoms with van der Waals surface area (Å²) in [6.45, 7) is 1.70. The normalized spacial score (nSPS) is 27.4. The highest BCUT2D eigenvalue weighted by Crippen LogP contribution is 2.37. The predicted molar refractivity (Wildman–Crippen MR) is 85.4 cm³/mol. The van der Waals surface area contributed by atoms with Crippen LogP contribution in [0.3, 0.4) is 0 Å². The van der Waals surface area contributed by atoms with Crippen LogP contribution in [0.4, 0.5) is 0 Å². The Labute approximate surface area is 131 Å². The number of hydrogen-bond donors (Lipinski definition) is 1. The van der Waals surface area contributed by atoms with Gasteiger partial charge in [-0.3, -0.25) is 4.90 Å². The third-order valence-corrected chi connectivity index (χ3v) is 6.06. The Morgan fingerprint density at radius 2 is 2.10 bits per heavy atom. The molecule has 1 aromatic heterocycles. The molecule has 5 nitrogen and oxygen atoms in total. The standard InChI is InChI=1S/C15H26N4OS/c1-19-8-9-21-10-12(19)13-17-14(20-18-13)15(11-16)6-4-2-3-5-7-15/h12H,2-11,16H2,1H3. The number of nitrogens with two attached hydrogens (primary N) is 1. The van der Waals surface area contributed by atoms with Gasteiger partial charge in [0.1, 0.15) is 0 Å². The van der Waals surface area contributed by atoms with Crippen molar-refractivity contribution in [1.29, 1.82) is 0 Å². The Balaban J connectivity index is 1.82. The first kappa shape index (κ1) is 15.3. The summed E-state index contributed by atoms with van der Waals surface area (Å²) in [6, 6.07) is 0.279. The second-order valence-corrected chi connectivity index (χ2v) is 7.58. The first-order valence-corrected chi connectivity index (χ1v) is 9.23. The van der Waals surface area contributed by atoms with Gasteiger partial charge >= 0.3 is 0 Å². The maximum atomic E-state index is 6.11. The molecule has 1 aliphatic heterocycles. The number of nitrogens with zero attached hydrogens (tertiary/aromatic N) is 3. The lowest BCUT2D eigenvalue weighted by Gasteiger charge is -2.29. The van der Waals surface area contributed by atoms with E-state index in [1.54, 1.807) is 0 Å². The summed E-state index contributed by atoms with van der Waals surface area (Å²) in [4.78, 5) is 7.11. The van der Waals surface area contributed by atoms with Crippen LogP contribution in [0.1, 0.15) is 56.3 Å². The van der Waals surface area contributed by atoms with Gasteiger partial charge in [-0.15, -0.1) is 0 Å². The average Bonchev–Trinajstić information content (AvgIpc) is 2.87. The van der Waals surface area contributed by atoms with Crippen molar-refractivity contribution in [3.05, 3.63) is 11.7 Å². The molecule has 21 heavy (non-hydrogen) atoms. The van der Waals surface area contributed by atoms with Gasteiger partial charge in [0.15, 0.2) is 5.82 Å². The molecule has 1 saturated heterocycles. The van der Waals surface area contributed by atoms with Crippen LogP contribution in [-0.4, -0.2) is 46.7 Å². The number of aromatic nitrogens is 2. The Morgan fingerprint density at radius 3 is 2.76 bits per heavy atom. The van der Waals surface area contributed by atoms with Crippen LogP contribution in [0.15, 0.2) is 4.52 Å². The fourth-order valence-corrected chi connectivity index (χ4v) is 4.67. The molecule has 1 unspecified atom stereocenters. The van der Waals surface area contributed by atoms with E-state index in [0.717, 1.165) is 36.9 Å². The SMILES string of the molecule is CN1CCSCC1c1noc(C2(CN)CCCCCC2)n1. The first-order valence-electron chi connectivity index (χ1n) is 8.07. The molecular weight excluding hydrogens is 284 g/mol. The third-order valence-electron chi connectivity index (χ3n) is 5.04. The molecule has 0 bridgehead atoms. The zero-order chi connectivity index (χ0) is 14.7. The fourth-order valence-electron chi connectivity index (χ4n) is 3.45. The summed E-state index contributed by atoms with van der Waals surface area (Å²) < 4.78 is 5.68. The summed E-state index contributed by atoms with van der Waals surface area (Å²) >= 11 is 1.97. The van der Waals surface area contributed by atoms with E-state index in [4.69, 9.17) is 15.2 Å². The van der Waals surface area contributed by atoms with E-state index in [-0.39, 0.29) is 11.5 Å². The van der Waals surface area contributed by atoms with E-state index in [1.807, 2.05) is 11.8 Å². The molecule has 0 amide bonds. The highest BCUT2D eigenvalue weighted by atomic mass is 32.2. The van der Waals surface area contributed by atoms with Crippen LogP contribution in [0, 0.1) is 0 Å². The van der Waals surface area contributed by atoms with Crippen molar-refractivity contribution in [3.8, 4) is 0 Å². The van der Waals surface area contributed by atoms with Crippen LogP contribution in [0.25, 0.3) is 0 Å². The van der Waals surface area contributed by atoms with E-state index in [0.29, 0.717) is 6.54 Å². The molecule has 2 heterocycles. The minimum absolute atomic E-state index is 0.0812. The molecule has 1 saturated carbocycles. The summed E-state index contributed by atoms with van der Waals surface area (Å²) in [6.07, 6.45) is 7.19. The lowest BCUT2D eigenvalue weighted by atomic mass is 9.80. The zero-order valence-electron chi connectivity index (χ0n) is 12.9. The van der Waals surface area contributed by atoms with Crippen molar-refractivity contribution in [2.24, 2.45) is 5.73 Å². The predicted octanol–water partition coefficient (Wildman–Crippen LogP) is 2.34. The molecule has 1 aromatic rings. The van der Waals surface area contributed by atoms with E-state index in [2.05, 4.69) is 17.1 Å². The Kier molecular flexibility index (Phi) is 4.86. The smallest absolute Gasteiger partial charge is 0.234 e. The average molecular weight is 310 g/mol. The van der Waals surface area contributed by atoms with Crippen molar-refractivity contribution in [1.82, 2.24) is 15.0 Å². The molecule has 2 fully saturated rings. The second kappa shape index (κ2) is 6.67. The summed E-state index contributed by atoms with van der Waals surface area (Å²) in [7, 11) is 2.14. The topological polar surface area (TPSA) is 68.2 Å². The summed E-state index contributed by atoms with van der Waals surface area (Å²) in [5.41, 5.74) is 6.03. The molecule has 1 atom stereocenters. The van der Waals surface area contributed by atoms with E-state index < -0.39 is 0 Å². The largest absolute Gasteiger partial charge is 0.339 e. The molecule has 1 aliphatic carbocycles. The van der Waals surface area contributed by atoms with Crippen molar-refractivity contribution < 1.29 is 4.52 Å². The van der Waals surface area contributed by atoms with Gasteiger partial charge in [0.2, 0.25) is 5.89 Å². The van der Waals surface area contributed by atoms with Gasteiger partial charge in [0.05, 0.1) is 11.5 Å². The summed E-state index contributed by atoms with van der Waals surface area (Å²) in [5, 5.41) is 4.29. The molecule has 0 spiro atoms. The quantitative estimate of drug-likeness (QED) is 0.864. The minimum Gasteiger partial charge on any atom is -0.339 e. The lowest BCUT2D eigenvalue weighted by molar-refractivity contribution is 0.243. The van der Waals surface area contributed by atoms with Gasteiger partial charge in [-0.1, -0.05) is 30.8 Å². The monoisotopic (exact) mass is 310 g/mol. The Hall–Kier alpha value is -0.590. The molecule has 2 aliphatic rings. The number of rotatable bonds is 3. The van der Waals surface area contributed by atoms with Gasteiger partial charge in [-0.2, -0.15) is 16.7 Å². The molecule has 3 rings (SSSR count). The molecule has 2 N–H and O–H groups in total. The fraction of sp³-hybridized carbons (Fsp3) is 0.867. The van der Waals surface area contributed by atoms with Crippen molar-refractivity contribution in [2.45, 2.75) is 50.0 Å². The first-order chi connectivity index (χ1) is 10.2. The molecule has 0 radical (unpaired) electrons. The van der Waals surface area contributed by atoms with E-state index >= 15 is 0 Å². The second-order valence-electron chi connectivity index (χ2n) is 6.43. The Morgan fingerprint density at radius 1 is 1.33 bits per heavy atom. The number of hydrogen-bond acceptors (Lipinski definition) is 6. The minimum atomic E-state index is -0.0812. The molecule has 118 valence electrons. The van der Waals surface area contributed by atoms with Crippen LogP contribution in [0.2, 0.25) is 0 Å². The van der Waals surface area contributed by atoms with E-state index in [1.165, 1.54) is 31.4 Å². The van der Waals surface area contributed by atoms with Gasteiger partial charge < -0.3 is 10.3 Å². The highest BCUT2D eigenvalue weighted by Gasteiger charge is 2.38. The van der Waals surface area contributed by atoms with Crippen LogP contribution in [-0.2, 0) is 5.41 Å². The molecule has 0 aromatic carbocycles.